The topological polar surface area (TPSA) is 26.0 Å². The summed E-state index contributed by atoms with van der Waals surface area (Å²) in [4.78, 5) is 0. The minimum absolute atomic E-state index is 0.521. The molecule has 0 atom stereocenters. The van der Waals surface area contributed by atoms with Crippen LogP contribution in [0.15, 0.2) is 36.2 Å². The Morgan fingerprint density at radius 1 is 1.38 bits per heavy atom. The Labute approximate surface area is 73.2 Å². The highest BCUT2D eigenvalue weighted by molar-refractivity contribution is 5.38. The second kappa shape index (κ2) is 4.23. The fourth-order valence-corrected chi connectivity index (χ4v) is 0.777. The van der Waals surface area contributed by atoms with Gasteiger partial charge in [-0.1, -0.05) is 19.2 Å². The van der Waals surface area contributed by atoms with Gasteiger partial charge in [-0.05, 0) is 0 Å². The summed E-state index contributed by atoms with van der Waals surface area (Å²) >= 11 is 0. The number of hydrogen-bond donors (Lipinski definition) is 1. The first kappa shape index (κ1) is 11.9. The summed E-state index contributed by atoms with van der Waals surface area (Å²) in [5.74, 6) is -1.19. The van der Waals surface area contributed by atoms with E-state index < -0.39 is 29.7 Å². The van der Waals surface area contributed by atoms with E-state index in [9.17, 15) is 17.6 Å². The number of nitrogens with two attached hydrogens (primary N) is 1. The van der Waals surface area contributed by atoms with Crippen molar-refractivity contribution >= 4 is 0 Å². The molecule has 0 saturated carbocycles. The van der Waals surface area contributed by atoms with Gasteiger partial charge < -0.3 is 5.73 Å². The SMILES string of the molecule is C=C/C(=C(/CN)C(=C)F)C(F)(F)F. The van der Waals surface area contributed by atoms with Crippen molar-refractivity contribution in [2.45, 2.75) is 6.18 Å². The average Bonchev–Trinajstić information content (AvgIpc) is 1.96. The Hall–Kier alpha value is -1.10. The third-order valence-electron chi connectivity index (χ3n) is 1.37. The first-order valence-electron chi connectivity index (χ1n) is 3.32. The van der Waals surface area contributed by atoms with E-state index in [0.717, 1.165) is 0 Å². The van der Waals surface area contributed by atoms with Crippen molar-refractivity contribution < 1.29 is 17.6 Å². The number of rotatable bonds is 3. The number of hydrogen-bond acceptors (Lipinski definition) is 1. The van der Waals surface area contributed by atoms with Crippen LogP contribution in [0.2, 0.25) is 0 Å². The van der Waals surface area contributed by atoms with Crippen LogP contribution in [0.5, 0.6) is 0 Å². The second-order valence-corrected chi connectivity index (χ2v) is 2.20. The first-order valence-corrected chi connectivity index (χ1v) is 3.32. The summed E-state index contributed by atoms with van der Waals surface area (Å²) in [6, 6.07) is 0. The van der Waals surface area contributed by atoms with Gasteiger partial charge in [0, 0.05) is 12.1 Å². The van der Waals surface area contributed by atoms with Crippen LogP contribution >= 0.6 is 0 Å². The van der Waals surface area contributed by atoms with E-state index in [1.165, 1.54) is 0 Å². The second-order valence-electron chi connectivity index (χ2n) is 2.20. The molecule has 0 radical (unpaired) electrons. The molecule has 13 heavy (non-hydrogen) atoms. The Morgan fingerprint density at radius 3 is 1.92 bits per heavy atom. The van der Waals surface area contributed by atoms with Crippen LogP contribution in [0.3, 0.4) is 0 Å². The molecule has 0 aromatic heterocycles. The van der Waals surface area contributed by atoms with E-state index >= 15 is 0 Å². The molecule has 0 unspecified atom stereocenters. The summed E-state index contributed by atoms with van der Waals surface area (Å²) in [5.41, 5.74) is 3.10. The monoisotopic (exact) mass is 195 g/mol. The van der Waals surface area contributed by atoms with Crippen LogP contribution in [0.4, 0.5) is 17.6 Å². The highest BCUT2D eigenvalue weighted by Gasteiger charge is 2.34. The molecule has 0 heterocycles. The molecule has 2 N–H and O–H groups in total. The maximum atomic E-state index is 12.5. The van der Waals surface area contributed by atoms with Gasteiger partial charge in [0.1, 0.15) is 5.83 Å². The zero-order chi connectivity index (χ0) is 10.6. The highest BCUT2D eigenvalue weighted by atomic mass is 19.4. The van der Waals surface area contributed by atoms with Crippen LogP contribution in [0.25, 0.3) is 0 Å². The zero-order valence-corrected chi connectivity index (χ0v) is 6.79. The molecular weight excluding hydrogens is 186 g/mol. The molecule has 0 rings (SSSR count). The average molecular weight is 195 g/mol. The third kappa shape index (κ3) is 3.02. The standard InChI is InChI=1S/C8H9F4N/c1-3-7(8(10,11)12)6(4-13)5(2)9/h3H,1-2,4,13H2/b7-6+. The van der Waals surface area contributed by atoms with Gasteiger partial charge in [-0.25, -0.2) is 4.39 Å². The van der Waals surface area contributed by atoms with E-state index in [-0.39, 0.29) is 0 Å². The van der Waals surface area contributed by atoms with Crippen LogP contribution in [0.1, 0.15) is 0 Å². The van der Waals surface area contributed by atoms with Crippen molar-refractivity contribution in [3.8, 4) is 0 Å². The zero-order valence-electron chi connectivity index (χ0n) is 6.79. The molecule has 0 aromatic rings. The first-order chi connectivity index (χ1) is 5.84. The van der Waals surface area contributed by atoms with Gasteiger partial charge in [0.2, 0.25) is 0 Å². The Kier molecular flexibility index (Phi) is 3.87. The lowest BCUT2D eigenvalue weighted by molar-refractivity contribution is -0.0889. The van der Waals surface area contributed by atoms with Crippen molar-refractivity contribution in [2.24, 2.45) is 5.73 Å². The molecule has 0 aliphatic carbocycles. The molecule has 1 nitrogen and oxygen atoms in total. The van der Waals surface area contributed by atoms with Crippen LogP contribution < -0.4 is 5.73 Å². The van der Waals surface area contributed by atoms with Crippen LogP contribution in [-0.2, 0) is 0 Å². The smallest absolute Gasteiger partial charge is 0.326 e. The summed E-state index contributed by atoms with van der Waals surface area (Å²) in [6.07, 6.45) is -4.13. The predicted octanol–water partition coefficient (Wildman–Crippen LogP) is 2.47. The molecule has 0 bridgehead atoms. The van der Waals surface area contributed by atoms with Crippen LogP contribution in [-0.4, -0.2) is 12.7 Å². The van der Waals surface area contributed by atoms with Gasteiger partial charge in [0.25, 0.3) is 0 Å². The van der Waals surface area contributed by atoms with E-state index in [2.05, 4.69) is 13.2 Å². The fraction of sp³-hybridized carbons (Fsp3) is 0.250. The quantitative estimate of drug-likeness (QED) is 0.543. The summed E-state index contributed by atoms with van der Waals surface area (Å²) in [5, 5.41) is 0. The van der Waals surface area contributed by atoms with Crippen molar-refractivity contribution in [3.05, 3.63) is 36.2 Å². The molecule has 0 spiro atoms. The van der Waals surface area contributed by atoms with E-state index in [4.69, 9.17) is 5.73 Å². The van der Waals surface area contributed by atoms with Crippen molar-refractivity contribution in [3.63, 3.8) is 0 Å². The number of halogens is 4. The van der Waals surface area contributed by atoms with Gasteiger partial charge in [0.15, 0.2) is 0 Å². The molecule has 0 amide bonds. The lowest BCUT2D eigenvalue weighted by Gasteiger charge is -2.11. The molecule has 0 fully saturated rings. The Bertz CT molecular complexity index is 249. The van der Waals surface area contributed by atoms with Gasteiger partial charge in [-0.2, -0.15) is 13.2 Å². The van der Waals surface area contributed by atoms with Crippen LogP contribution in [0, 0.1) is 0 Å². The summed E-state index contributed by atoms with van der Waals surface area (Å²) in [6.45, 7) is 5.13. The van der Waals surface area contributed by atoms with E-state index in [1.54, 1.807) is 0 Å². The Morgan fingerprint density at radius 2 is 1.85 bits per heavy atom. The largest absolute Gasteiger partial charge is 0.416 e. The summed E-state index contributed by atoms with van der Waals surface area (Å²) in [7, 11) is 0. The predicted molar refractivity (Wildman–Crippen MR) is 42.6 cm³/mol. The third-order valence-corrected chi connectivity index (χ3v) is 1.37. The van der Waals surface area contributed by atoms with E-state index in [1.807, 2.05) is 0 Å². The minimum Gasteiger partial charge on any atom is -0.326 e. The lowest BCUT2D eigenvalue weighted by Crippen LogP contribution is -2.17. The summed E-state index contributed by atoms with van der Waals surface area (Å²) < 4.78 is 48.8. The normalized spacial score (nSPS) is 13.6. The van der Waals surface area contributed by atoms with Crippen molar-refractivity contribution in [1.82, 2.24) is 0 Å². The number of alkyl halides is 3. The van der Waals surface area contributed by atoms with Crippen molar-refractivity contribution in [1.29, 1.82) is 0 Å². The molecule has 0 saturated heterocycles. The van der Waals surface area contributed by atoms with E-state index in [0.29, 0.717) is 6.08 Å². The fourth-order valence-electron chi connectivity index (χ4n) is 0.777. The maximum absolute atomic E-state index is 12.5. The molecule has 5 heteroatoms. The molecule has 74 valence electrons. The van der Waals surface area contributed by atoms with Gasteiger partial charge >= 0.3 is 6.18 Å². The molecule has 0 aliphatic heterocycles. The molecule has 0 aliphatic rings. The number of allylic oxidation sites excluding steroid dienone is 2. The Balaban J connectivity index is 5.31. The molecule has 0 aromatic carbocycles. The van der Waals surface area contributed by atoms with Gasteiger partial charge in [-0.15, -0.1) is 0 Å². The minimum atomic E-state index is -4.65. The lowest BCUT2D eigenvalue weighted by atomic mass is 10.1. The van der Waals surface area contributed by atoms with Gasteiger partial charge in [0.05, 0.1) is 5.57 Å². The maximum Gasteiger partial charge on any atom is 0.416 e. The van der Waals surface area contributed by atoms with Crippen molar-refractivity contribution in [2.75, 3.05) is 6.54 Å². The van der Waals surface area contributed by atoms with Gasteiger partial charge in [-0.3, -0.25) is 0 Å². The molecular formula is C8H9F4N. The highest BCUT2D eigenvalue weighted by Crippen LogP contribution is 2.31.